The Hall–Kier alpha value is -9.37. The number of alkyl halides is 6. The third-order valence-corrected chi connectivity index (χ3v) is 12.9. The van der Waals surface area contributed by atoms with Crippen LogP contribution in [0.1, 0.15) is 27.8 Å². The first-order chi connectivity index (χ1) is 33.8. The quantitative estimate of drug-likeness (QED) is 0.156. The topological polar surface area (TPSA) is 81.2 Å². The summed E-state index contributed by atoms with van der Waals surface area (Å²) in [5.74, 6) is 0. The predicted octanol–water partition coefficient (Wildman–Crippen LogP) is 16.2. The molecule has 0 aliphatic rings. The Labute approximate surface area is 395 Å². The van der Waals surface area contributed by atoms with Crippen LogP contribution in [0.15, 0.2) is 188 Å². The summed E-state index contributed by atoms with van der Waals surface area (Å²) >= 11 is 0. The first kappa shape index (κ1) is 43.2. The van der Waals surface area contributed by atoms with Gasteiger partial charge in [0.1, 0.15) is 0 Å². The molecule has 2 heterocycles. The van der Waals surface area contributed by atoms with E-state index >= 15 is 13.2 Å². The van der Waals surface area contributed by atoms with E-state index in [4.69, 9.17) is 0 Å². The molecule has 9 aromatic carbocycles. The lowest BCUT2D eigenvalue weighted by molar-refractivity contribution is -0.142. The molecule has 0 N–H and O–H groups in total. The maximum Gasteiger partial charge on any atom is 0.417 e. The van der Waals surface area contributed by atoms with Gasteiger partial charge >= 0.3 is 12.4 Å². The van der Waals surface area contributed by atoms with Gasteiger partial charge < -0.3 is 9.13 Å². The van der Waals surface area contributed by atoms with Crippen molar-refractivity contribution in [2.75, 3.05) is 0 Å². The van der Waals surface area contributed by atoms with Gasteiger partial charge in [0, 0.05) is 32.8 Å². The molecular weight excluding hydrogens is 893 g/mol. The van der Waals surface area contributed by atoms with Crippen LogP contribution in [0.4, 0.5) is 26.3 Å². The maximum absolute atomic E-state index is 15.2. The van der Waals surface area contributed by atoms with Crippen LogP contribution in [0.5, 0.6) is 0 Å². The summed E-state index contributed by atoms with van der Waals surface area (Å²) in [5.41, 5.74) is 6.09. The summed E-state index contributed by atoms with van der Waals surface area (Å²) in [6.45, 7) is 0. The summed E-state index contributed by atoms with van der Waals surface area (Å²) in [4.78, 5) is 0. The third kappa shape index (κ3) is 7.27. The Morgan fingerprint density at radius 1 is 0.343 bits per heavy atom. The predicted molar refractivity (Wildman–Crippen MR) is 261 cm³/mol. The minimum absolute atomic E-state index is 0.00567. The first-order valence-electron chi connectivity index (χ1n) is 21.9. The van der Waals surface area contributed by atoms with Crippen molar-refractivity contribution in [1.82, 2.24) is 9.13 Å². The SMILES string of the molecule is N#Cc1ccc(-c2ccc3c(c2)c2ccccc2n3-c2ccc(-c3ccc(C(F)(F)F)cc3C(F)(F)F)c(-c3cc(C#N)ccc3-n3c4ccccc4c4cc(-c5ccc(C#N)cc5)ccc43)c2)cc1. The Morgan fingerprint density at radius 2 is 0.829 bits per heavy atom. The molecule has 334 valence electrons. The second-order valence-electron chi connectivity index (χ2n) is 16.9. The van der Waals surface area contributed by atoms with Crippen molar-refractivity contribution in [3.8, 4) is 74.1 Å². The molecule has 11 heteroatoms. The first-order valence-corrected chi connectivity index (χ1v) is 21.9. The number of hydrogen-bond acceptors (Lipinski definition) is 3. The van der Waals surface area contributed by atoms with Crippen LogP contribution in [-0.4, -0.2) is 9.13 Å². The van der Waals surface area contributed by atoms with Crippen LogP contribution in [0, 0.1) is 34.0 Å². The normalized spacial score (nSPS) is 11.8. The van der Waals surface area contributed by atoms with Gasteiger partial charge in [-0.25, -0.2) is 0 Å². The second kappa shape index (κ2) is 16.4. The fraction of sp³-hybridized carbons (Fsp3) is 0.0339. The van der Waals surface area contributed by atoms with Gasteiger partial charge in [0.15, 0.2) is 0 Å². The molecular formula is C59H31F6N5. The van der Waals surface area contributed by atoms with Gasteiger partial charge in [0.25, 0.3) is 0 Å². The van der Waals surface area contributed by atoms with Gasteiger partial charge in [0.2, 0.25) is 0 Å². The molecule has 70 heavy (non-hydrogen) atoms. The number of hydrogen-bond donors (Lipinski definition) is 0. The number of para-hydroxylation sites is 2. The van der Waals surface area contributed by atoms with Gasteiger partial charge in [-0.1, -0.05) is 84.9 Å². The largest absolute Gasteiger partial charge is 0.417 e. The second-order valence-corrected chi connectivity index (χ2v) is 16.9. The Kier molecular flexibility index (Phi) is 10.2. The van der Waals surface area contributed by atoms with Gasteiger partial charge in [0.05, 0.1) is 73.8 Å². The highest BCUT2D eigenvalue weighted by Crippen LogP contribution is 2.47. The van der Waals surface area contributed by atoms with Crippen LogP contribution in [0.25, 0.3) is 99.5 Å². The number of fused-ring (bicyclic) bond motifs is 6. The average molecular weight is 924 g/mol. The molecule has 0 amide bonds. The highest BCUT2D eigenvalue weighted by Gasteiger charge is 2.39. The van der Waals surface area contributed by atoms with E-state index in [1.807, 2.05) is 118 Å². The lowest BCUT2D eigenvalue weighted by Gasteiger charge is -2.22. The molecule has 5 nitrogen and oxygen atoms in total. The molecule has 0 aliphatic carbocycles. The summed E-state index contributed by atoms with van der Waals surface area (Å²) in [6.07, 6.45) is -10.2. The fourth-order valence-corrected chi connectivity index (χ4v) is 9.65. The maximum atomic E-state index is 15.2. The number of aromatic nitrogens is 2. The van der Waals surface area contributed by atoms with Crippen molar-refractivity contribution in [3.05, 3.63) is 216 Å². The summed E-state index contributed by atoms with van der Waals surface area (Å²) in [7, 11) is 0. The molecule has 0 saturated heterocycles. The van der Waals surface area contributed by atoms with Crippen LogP contribution >= 0.6 is 0 Å². The molecule has 0 radical (unpaired) electrons. The van der Waals surface area contributed by atoms with E-state index in [0.717, 1.165) is 71.9 Å². The minimum Gasteiger partial charge on any atom is -0.309 e. The number of rotatable bonds is 6. The van der Waals surface area contributed by atoms with Crippen LogP contribution in [-0.2, 0) is 12.4 Å². The minimum atomic E-state index is -5.19. The number of nitrogens with zero attached hydrogens (tertiary/aromatic N) is 5. The van der Waals surface area contributed by atoms with E-state index in [0.29, 0.717) is 34.1 Å². The van der Waals surface area contributed by atoms with Crippen molar-refractivity contribution in [3.63, 3.8) is 0 Å². The third-order valence-electron chi connectivity index (χ3n) is 12.9. The lowest BCUT2D eigenvalue weighted by Crippen LogP contribution is -2.12. The van der Waals surface area contributed by atoms with E-state index < -0.39 is 29.0 Å². The molecule has 0 aliphatic heterocycles. The molecule has 0 fully saturated rings. The zero-order chi connectivity index (χ0) is 48.5. The summed E-state index contributed by atoms with van der Waals surface area (Å²) in [5, 5.41) is 32.7. The molecule has 2 aromatic heterocycles. The smallest absolute Gasteiger partial charge is 0.309 e. The van der Waals surface area contributed by atoms with Crippen LogP contribution in [0.2, 0.25) is 0 Å². The highest BCUT2D eigenvalue weighted by molar-refractivity contribution is 6.12. The fourth-order valence-electron chi connectivity index (χ4n) is 9.65. The molecule has 11 rings (SSSR count). The van der Waals surface area contributed by atoms with Gasteiger partial charge in [-0.2, -0.15) is 42.1 Å². The lowest BCUT2D eigenvalue weighted by atomic mass is 9.88. The van der Waals surface area contributed by atoms with Crippen molar-refractivity contribution >= 4 is 43.6 Å². The van der Waals surface area contributed by atoms with E-state index in [9.17, 15) is 29.0 Å². The van der Waals surface area contributed by atoms with Gasteiger partial charge in [-0.3, -0.25) is 0 Å². The summed E-state index contributed by atoms with van der Waals surface area (Å²) in [6, 6.07) is 59.8. The van der Waals surface area contributed by atoms with Crippen molar-refractivity contribution < 1.29 is 26.3 Å². The number of benzene rings is 9. The van der Waals surface area contributed by atoms with Crippen molar-refractivity contribution in [2.24, 2.45) is 0 Å². The molecule has 0 saturated carbocycles. The Morgan fingerprint density at radius 3 is 1.37 bits per heavy atom. The molecule has 0 spiro atoms. The van der Waals surface area contributed by atoms with Gasteiger partial charge in [-0.15, -0.1) is 0 Å². The monoisotopic (exact) mass is 923 g/mol. The van der Waals surface area contributed by atoms with E-state index in [-0.39, 0.29) is 22.8 Å². The number of nitriles is 3. The molecule has 0 bridgehead atoms. The Balaban J connectivity index is 1.20. The van der Waals surface area contributed by atoms with E-state index in [1.54, 1.807) is 54.6 Å². The van der Waals surface area contributed by atoms with Crippen molar-refractivity contribution in [1.29, 1.82) is 15.8 Å². The van der Waals surface area contributed by atoms with Crippen LogP contribution < -0.4 is 0 Å². The zero-order valence-corrected chi connectivity index (χ0v) is 36.4. The average Bonchev–Trinajstić information content (AvgIpc) is 3.89. The van der Waals surface area contributed by atoms with E-state index in [1.165, 1.54) is 6.07 Å². The Bertz CT molecular complexity index is 4060. The highest BCUT2D eigenvalue weighted by atomic mass is 19.4. The molecule has 11 aromatic rings. The molecule has 0 atom stereocenters. The van der Waals surface area contributed by atoms with Crippen LogP contribution in [0.3, 0.4) is 0 Å². The molecule has 0 unspecified atom stereocenters. The number of halogens is 6. The van der Waals surface area contributed by atoms with Crippen molar-refractivity contribution in [2.45, 2.75) is 12.4 Å². The summed E-state index contributed by atoms with van der Waals surface area (Å²) < 4.78 is 92.0. The van der Waals surface area contributed by atoms with E-state index in [2.05, 4.69) is 18.2 Å². The van der Waals surface area contributed by atoms with Gasteiger partial charge in [-0.05, 0) is 142 Å². The standard InChI is InChI=1S/C59H31F6N5/c60-58(61,62)42-20-22-45(52(30-42)59(63,64)65)44-23-21-43(69-53-7-3-1-5-46(53)50-28-40(18-25-55(50)69)38-14-9-35(32-66)10-15-38)31-48(44)49-27-37(34-68)13-24-56(49)70-54-8-4-2-6-47(54)51-29-41(19-26-57(51)70)39-16-11-36(33-67)12-17-39/h1-31H. The zero-order valence-electron chi connectivity index (χ0n) is 36.4.